The smallest absolute Gasteiger partial charge is 0.0535 e. The summed E-state index contributed by atoms with van der Waals surface area (Å²) in [7, 11) is -7.06. The molecular weight excluding hydrogens is 685 g/mol. The van der Waals surface area contributed by atoms with Crippen LogP contribution in [0.1, 0.15) is 27.7 Å². The van der Waals surface area contributed by atoms with Gasteiger partial charge in [-0.3, -0.25) is 0 Å². The Morgan fingerprint density at radius 3 is 0.622 bits per heavy atom. The molecule has 0 saturated heterocycles. The Bertz CT molecular complexity index is 671. The Morgan fingerprint density at radius 1 is 0.333 bits per heavy atom. The van der Waals surface area contributed by atoms with Gasteiger partial charge in [0.05, 0.1) is 8.07 Å². The molecule has 4 radical (unpaired) electrons. The van der Waals surface area contributed by atoms with Crippen molar-refractivity contribution in [1.82, 2.24) is 0 Å². The van der Waals surface area contributed by atoms with Crippen LogP contribution in [0.15, 0.2) is 0 Å². The molecule has 0 bridgehead atoms. The van der Waals surface area contributed by atoms with Gasteiger partial charge >= 0.3 is 0 Å². The Labute approximate surface area is 300 Å². The first-order valence-corrected chi connectivity index (χ1v) is 46.1. The molecule has 0 heterocycles. The molecule has 0 nitrogen and oxygen atoms in total. The normalized spacial score (nSPS) is 18.1. The first-order valence-electron chi connectivity index (χ1n) is 19.3. The maximum absolute atomic E-state index is 2.82. The Hall–Kier alpha value is 1.95. The molecule has 0 aliphatic carbocycles. The summed E-state index contributed by atoms with van der Waals surface area (Å²) in [5, 5.41) is 0. The van der Waals surface area contributed by atoms with E-state index in [0.717, 1.165) is 22.2 Å². The minimum absolute atomic E-state index is 0.127. The van der Waals surface area contributed by atoms with Crippen molar-refractivity contribution >= 4 is 75.6 Å². The second kappa shape index (κ2) is 20.1. The summed E-state index contributed by atoms with van der Waals surface area (Å²) in [5.41, 5.74) is 4.00. The number of hydrogen-bond acceptors (Lipinski definition) is 0. The quantitative estimate of drug-likeness (QED) is 0.0857. The Kier molecular flexibility index (Phi) is 21.0. The van der Waals surface area contributed by atoms with E-state index in [1.54, 1.807) is 72.5 Å². The van der Waals surface area contributed by atoms with Gasteiger partial charge in [-0.2, -0.15) is 0 Å². The van der Waals surface area contributed by atoms with Gasteiger partial charge in [0, 0.05) is 67.5 Å². The summed E-state index contributed by atoms with van der Waals surface area (Å²) in [6.45, 7) is 54.2. The lowest BCUT2D eigenvalue weighted by Crippen LogP contribution is -2.49. The lowest BCUT2D eigenvalue weighted by atomic mass is 10.5. The lowest BCUT2D eigenvalue weighted by molar-refractivity contribution is 0.826. The molecule has 0 aromatic rings. The fourth-order valence-corrected chi connectivity index (χ4v) is 48.0. The fourth-order valence-electron chi connectivity index (χ4n) is 7.48. The molecule has 9 heteroatoms. The van der Waals surface area contributed by atoms with Crippen molar-refractivity contribution in [2.75, 3.05) is 0 Å². The highest BCUT2D eigenvalue weighted by atomic mass is 28.3. The van der Waals surface area contributed by atoms with Gasteiger partial charge in [-0.25, -0.2) is 0 Å². The summed E-state index contributed by atoms with van der Waals surface area (Å²) in [6, 6.07) is 19.3. The number of rotatable bonds is 24. The molecule has 4 atom stereocenters. The number of hydrogen-bond donors (Lipinski definition) is 0. The largest absolute Gasteiger partial charge is 0.0713 e. The molecule has 0 fully saturated rings. The molecular formula is C36H88Si9. The standard InChI is InChI=1S/C36H88Si9/c1-33(41(13,14)25-21-37(5)6)29-45(30-34(2)42(15,16)26-22-38(7)8,31-35(3)43(17,18)27-23-39(9)10)32-36(4)44(19,20)28-24-40(11)12/h33-36H,21-32H2,1-20H3. The highest BCUT2D eigenvalue weighted by molar-refractivity contribution is 6.91. The van der Waals surface area contributed by atoms with Crippen LogP contribution in [0.4, 0.5) is 0 Å². The SMILES string of the molecule is CC(C[Si](CC(C)[Si](C)(C)CC[Si](C)C)(CC(C)[Si](C)(C)CC[Si](C)C)CC(C)[Si](C)(C)CC[Si](C)C)[Si](C)(C)CC[Si](C)C. The maximum atomic E-state index is 2.82. The van der Waals surface area contributed by atoms with Gasteiger partial charge in [-0.15, -0.1) is 0 Å². The molecule has 4 unspecified atom stereocenters. The fraction of sp³-hybridized carbons (Fsp3) is 1.00. The topological polar surface area (TPSA) is 0 Å². The molecule has 0 aromatic heterocycles. The third-order valence-corrected chi connectivity index (χ3v) is 45.6. The van der Waals surface area contributed by atoms with E-state index in [1.807, 2.05) is 0 Å². The van der Waals surface area contributed by atoms with Gasteiger partial charge in [-0.1, -0.05) is 227 Å². The monoisotopic (exact) mass is 772 g/mol. The van der Waals surface area contributed by atoms with Crippen LogP contribution in [0.5, 0.6) is 0 Å². The van der Waals surface area contributed by atoms with Crippen molar-refractivity contribution < 1.29 is 0 Å². The Morgan fingerprint density at radius 2 is 0.489 bits per heavy atom. The van der Waals surface area contributed by atoms with E-state index >= 15 is 0 Å². The Balaban J connectivity index is 6.96. The third kappa shape index (κ3) is 18.1. The zero-order valence-corrected chi connectivity index (χ0v) is 44.3. The molecule has 0 amide bonds. The summed E-state index contributed by atoms with van der Waals surface area (Å²) >= 11 is 0. The molecule has 0 aliphatic heterocycles. The first kappa shape index (κ1) is 47.0. The van der Waals surface area contributed by atoms with Gasteiger partial charge in [0.15, 0.2) is 0 Å². The molecule has 0 N–H and O–H groups in total. The molecule has 0 aromatic carbocycles. The average molecular weight is 774 g/mol. The predicted octanol–water partition coefficient (Wildman–Crippen LogP) is 14.8. The molecule has 0 spiro atoms. The van der Waals surface area contributed by atoms with Crippen LogP contribution in [0.2, 0.25) is 199 Å². The van der Waals surface area contributed by atoms with Gasteiger partial charge in [0.1, 0.15) is 0 Å². The van der Waals surface area contributed by atoms with Crippen LogP contribution >= 0.6 is 0 Å². The third-order valence-electron chi connectivity index (χ3n) is 13.4. The van der Waals surface area contributed by atoms with Crippen LogP contribution in [-0.2, 0) is 0 Å². The zero-order valence-electron chi connectivity index (χ0n) is 35.3. The van der Waals surface area contributed by atoms with E-state index < -0.39 is 40.4 Å². The van der Waals surface area contributed by atoms with E-state index in [-0.39, 0.29) is 35.2 Å². The van der Waals surface area contributed by atoms with Crippen molar-refractivity contribution in [2.45, 2.75) is 227 Å². The van der Waals surface area contributed by atoms with E-state index in [0.29, 0.717) is 0 Å². The summed E-state index contributed by atoms with van der Waals surface area (Å²) in [5.74, 6) is 0. The highest BCUT2D eigenvalue weighted by Gasteiger charge is 2.47. The highest BCUT2D eigenvalue weighted by Crippen LogP contribution is 2.51. The molecule has 268 valence electrons. The zero-order chi connectivity index (χ0) is 35.6. The molecule has 45 heavy (non-hydrogen) atoms. The van der Waals surface area contributed by atoms with Gasteiger partial charge < -0.3 is 0 Å². The first-order chi connectivity index (χ1) is 20.2. The van der Waals surface area contributed by atoms with Crippen molar-refractivity contribution in [2.24, 2.45) is 0 Å². The van der Waals surface area contributed by atoms with E-state index in [2.05, 4.69) is 132 Å². The van der Waals surface area contributed by atoms with Crippen LogP contribution in [0.3, 0.4) is 0 Å². The van der Waals surface area contributed by atoms with Crippen LogP contribution in [-0.4, -0.2) is 75.6 Å². The van der Waals surface area contributed by atoms with Crippen molar-refractivity contribution in [3.8, 4) is 0 Å². The minimum atomic E-state index is -1.54. The van der Waals surface area contributed by atoms with E-state index in [1.165, 1.54) is 0 Å². The van der Waals surface area contributed by atoms with E-state index in [4.69, 9.17) is 0 Å². The second-order valence-electron chi connectivity index (χ2n) is 20.7. The molecule has 0 saturated carbocycles. The average Bonchev–Trinajstić information content (AvgIpc) is 2.88. The molecule has 0 rings (SSSR count). The van der Waals surface area contributed by atoms with Crippen molar-refractivity contribution in [3.63, 3.8) is 0 Å². The van der Waals surface area contributed by atoms with Crippen LogP contribution < -0.4 is 0 Å². The van der Waals surface area contributed by atoms with Gasteiger partial charge in [-0.05, 0) is 0 Å². The minimum Gasteiger partial charge on any atom is -0.0713 e. The lowest BCUT2D eigenvalue weighted by Gasteiger charge is -2.48. The van der Waals surface area contributed by atoms with Crippen molar-refractivity contribution in [3.05, 3.63) is 0 Å². The van der Waals surface area contributed by atoms with E-state index in [9.17, 15) is 0 Å². The molecule has 0 aliphatic rings. The van der Waals surface area contributed by atoms with Gasteiger partial charge in [0.25, 0.3) is 0 Å². The summed E-state index contributed by atoms with van der Waals surface area (Å²) in [6.07, 6.45) is 0. The second-order valence-corrected chi connectivity index (χ2v) is 58.8. The summed E-state index contributed by atoms with van der Waals surface area (Å²) < 4.78 is 0. The van der Waals surface area contributed by atoms with Crippen LogP contribution in [0, 0.1) is 0 Å². The van der Waals surface area contributed by atoms with Crippen LogP contribution in [0.25, 0.3) is 0 Å². The van der Waals surface area contributed by atoms with Crippen molar-refractivity contribution in [1.29, 1.82) is 0 Å². The van der Waals surface area contributed by atoms with Gasteiger partial charge in [0.2, 0.25) is 0 Å². The maximum Gasteiger partial charge on any atom is 0.0535 e. The predicted molar refractivity (Wildman–Crippen MR) is 241 cm³/mol. The summed E-state index contributed by atoms with van der Waals surface area (Å²) in [4.78, 5) is 0.